The Bertz CT molecular complexity index is 1150. The summed E-state index contributed by atoms with van der Waals surface area (Å²) < 4.78 is 7.60. The van der Waals surface area contributed by atoms with Gasteiger partial charge < -0.3 is 15.0 Å². The SMILES string of the molecule is CCc1c(C)cccc1-c1cnc2c(N3CCC(C)(NC(=O)OC(C)(C)C)CC3)nccn12. The molecule has 0 radical (unpaired) electrons. The zero-order chi connectivity index (χ0) is 23.8. The molecule has 33 heavy (non-hydrogen) atoms. The van der Waals surface area contributed by atoms with Crippen LogP contribution < -0.4 is 10.2 Å². The van der Waals surface area contributed by atoms with Crippen LogP contribution in [0.2, 0.25) is 0 Å². The lowest BCUT2D eigenvalue weighted by atomic mass is 9.90. The Hall–Kier alpha value is -3.09. The second-order valence-corrected chi connectivity index (χ2v) is 10.2. The third-order valence-corrected chi connectivity index (χ3v) is 6.42. The van der Waals surface area contributed by atoms with Crippen molar-refractivity contribution < 1.29 is 9.53 Å². The van der Waals surface area contributed by atoms with E-state index in [9.17, 15) is 4.79 Å². The van der Waals surface area contributed by atoms with Crippen molar-refractivity contribution >= 4 is 17.6 Å². The molecule has 0 aliphatic carbocycles. The third-order valence-electron chi connectivity index (χ3n) is 6.42. The summed E-state index contributed by atoms with van der Waals surface area (Å²) in [5, 5.41) is 3.08. The van der Waals surface area contributed by atoms with Crippen LogP contribution in [-0.4, -0.2) is 44.7 Å². The fraction of sp³-hybridized carbons (Fsp3) is 0.500. The summed E-state index contributed by atoms with van der Waals surface area (Å²) in [6, 6.07) is 6.44. The van der Waals surface area contributed by atoms with Gasteiger partial charge in [-0.25, -0.2) is 14.8 Å². The van der Waals surface area contributed by atoms with E-state index in [-0.39, 0.29) is 11.6 Å². The summed E-state index contributed by atoms with van der Waals surface area (Å²) in [4.78, 5) is 24.0. The van der Waals surface area contributed by atoms with Crippen molar-refractivity contribution in [1.29, 1.82) is 0 Å². The van der Waals surface area contributed by atoms with Crippen LogP contribution in [0.15, 0.2) is 36.8 Å². The number of hydrogen-bond donors (Lipinski definition) is 1. The number of carbonyl (C=O) groups excluding carboxylic acids is 1. The summed E-state index contributed by atoms with van der Waals surface area (Å²) >= 11 is 0. The van der Waals surface area contributed by atoms with E-state index < -0.39 is 5.60 Å². The molecule has 2 aromatic heterocycles. The van der Waals surface area contributed by atoms with Crippen LogP contribution in [-0.2, 0) is 11.2 Å². The fourth-order valence-electron chi connectivity index (χ4n) is 4.63. The molecular formula is C26H35N5O2. The van der Waals surface area contributed by atoms with Crippen molar-refractivity contribution in [3.05, 3.63) is 47.9 Å². The molecule has 3 heterocycles. The number of aryl methyl sites for hydroxylation is 1. The van der Waals surface area contributed by atoms with E-state index in [4.69, 9.17) is 9.72 Å². The van der Waals surface area contributed by atoms with E-state index in [2.05, 4.69) is 58.6 Å². The van der Waals surface area contributed by atoms with Gasteiger partial charge in [0.25, 0.3) is 0 Å². The minimum atomic E-state index is -0.506. The van der Waals surface area contributed by atoms with Gasteiger partial charge in [0.1, 0.15) is 5.60 Å². The maximum Gasteiger partial charge on any atom is 0.408 e. The van der Waals surface area contributed by atoms with Crippen LogP contribution >= 0.6 is 0 Å². The summed E-state index contributed by atoms with van der Waals surface area (Å²) in [5.74, 6) is 0.883. The smallest absolute Gasteiger partial charge is 0.408 e. The van der Waals surface area contributed by atoms with E-state index in [0.717, 1.165) is 49.5 Å². The van der Waals surface area contributed by atoms with E-state index in [1.807, 2.05) is 39.4 Å². The van der Waals surface area contributed by atoms with Gasteiger partial charge in [0, 0.05) is 36.6 Å². The molecule has 0 spiro atoms. The molecule has 0 saturated carbocycles. The van der Waals surface area contributed by atoms with E-state index in [1.165, 1.54) is 16.7 Å². The number of imidazole rings is 1. The minimum absolute atomic E-state index is 0.303. The van der Waals surface area contributed by atoms with Crippen LogP contribution in [0.5, 0.6) is 0 Å². The first-order chi connectivity index (χ1) is 15.6. The van der Waals surface area contributed by atoms with Gasteiger partial charge in [-0.15, -0.1) is 0 Å². The quantitative estimate of drug-likeness (QED) is 0.596. The van der Waals surface area contributed by atoms with Gasteiger partial charge in [0.05, 0.1) is 11.9 Å². The van der Waals surface area contributed by atoms with Gasteiger partial charge in [0.2, 0.25) is 0 Å². The Morgan fingerprint density at radius 3 is 2.61 bits per heavy atom. The predicted octanol–water partition coefficient (Wildman–Crippen LogP) is 5.15. The predicted molar refractivity (Wildman–Crippen MR) is 132 cm³/mol. The van der Waals surface area contributed by atoms with Gasteiger partial charge in [-0.3, -0.25) is 4.40 Å². The number of nitrogens with one attached hydrogen (secondary N) is 1. The number of aromatic nitrogens is 3. The zero-order valence-electron chi connectivity index (χ0n) is 20.6. The topological polar surface area (TPSA) is 71.8 Å². The van der Waals surface area contributed by atoms with E-state index >= 15 is 0 Å². The van der Waals surface area contributed by atoms with Crippen LogP contribution in [0.1, 0.15) is 58.6 Å². The number of hydrogen-bond acceptors (Lipinski definition) is 5. The lowest BCUT2D eigenvalue weighted by molar-refractivity contribution is 0.0448. The Labute approximate surface area is 196 Å². The van der Waals surface area contributed by atoms with Crippen molar-refractivity contribution in [3.63, 3.8) is 0 Å². The molecule has 176 valence electrons. The molecule has 1 amide bonds. The average molecular weight is 450 g/mol. The number of amides is 1. The molecule has 0 atom stereocenters. The van der Waals surface area contributed by atoms with Gasteiger partial charge in [0.15, 0.2) is 11.5 Å². The second-order valence-electron chi connectivity index (χ2n) is 10.2. The van der Waals surface area contributed by atoms with Gasteiger partial charge in [-0.1, -0.05) is 25.1 Å². The van der Waals surface area contributed by atoms with Gasteiger partial charge >= 0.3 is 6.09 Å². The number of piperidine rings is 1. The van der Waals surface area contributed by atoms with Crippen LogP contribution in [0.3, 0.4) is 0 Å². The summed E-state index contributed by atoms with van der Waals surface area (Å²) in [5.41, 5.74) is 5.00. The standard InChI is InChI=1S/C26H35N5O2/c1-7-19-18(2)9-8-10-20(19)21-17-28-23-22(27-13-16-31(21)23)30-14-11-26(6,12-15-30)29-24(32)33-25(3,4)5/h8-10,13,16-17H,7,11-12,14-15H2,1-6H3,(H,29,32). The first-order valence-corrected chi connectivity index (χ1v) is 11.8. The highest BCUT2D eigenvalue weighted by Gasteiger charge is 2.34. The fourth-order valence-corrected chi connectivity index (χ4v) is 4.63. The van der Waals surface area contributed by atoms with Crippen LogP contribution in [0.25, 0.3) is 16.9 Å². The summed E-state index contributed by atoms with van der Waals surface area (Å²) in [6.07, 6.45) is 8.01. The first kappa shape index (κ1) is 23.1. The van der Waals surface area contributed by atoms with Crippen molar-refractivity contribution in [2.24, 2.45) is 0 Å². The zero-order valence-corrected chi connectivity index (χ0v) is 20.6. The maximum atomic E-state index is 12.3. The summed E-state index contributed by atoms with van der Waals surface area (Å²) in [7, 11) is 0. The van der Waals surface area contributed by atoms with Crippen LogP contribution in [0, 0.1) is 6.92 Å². The molecule has 4 rings (SSSR count). The first-order valence-electron chi connectivity index (χ1n) is 11.8. The average Bonchev–Trinajstić information content (AvgIpc) is 3.16. The number of anilines is 1. The molecule has 1 aromatic carbocycles. The summed E-state index contributed by atoms with van der Waals surface area (Å²) in [6.45, 7) is 13.6. The number of nitrogens with zero attached hydrogens (tertiary/aromatic N) is 4. The molecule has 7 heteroatoms. The molecule has 1 saturated heterocycles. The molecule has 1 aliphatic heterocycles. The van der Waals surface area contributed by atoms with E-state index in [1.54, 1.807) is 0 Å². The second kappa shape index (κ2) is 8.69. The Morgan fingerprint density at radius 2 is 1.94 bits per heavy atom. The number of rotatable bonds is 4. The highest BCUT2D eigenvalue weighted by molar-refractivity contribution is 5.74. The molecule has 0 bridgehead atoms. The molecule has 1 aliphatic rings. The van der Waals surface area contributed by atoms with Crippen molar-refractivity contribution in [2.75, 3.05) is 18.0 Å². The third kappa shape index (κ3) is 4.82. The lowest BCUT2D eigenvalue weighted by Gasteiger charge is -2.40. The molecule has 7 nitrogen and oxygen atoms in total. The number of alkyl carbamates (subject to hydrolysis) is 1. The van der Waals surface area contributed by atoms with Gasteiger partial charge in [-0.05, 0) is 65.0 Å². The maximum absolute atomic E-state index is 12.3. The highest BCUT2D eigenvalue weighted by atomic mass is 16.6. The Kier molecular flexibility index (Phi) is 6.08. The number of carbonyl (C=O) groups is 1. The molecule has 1 fully saturated rings. The van der Waals surface area contributed by atoms with Crippen molar-refractivity contribution in [3.8, 4) is 11.3 Å². The van der Waals surface area contributed by atoms with Crippen molar-refractivity contribution in [1.82, 2.24) is 19.7 Å². The number of ether oxygens (including phenoxy) is 1. The van der Waals surface area contributed by atoms with E-state index in [0.29, 0.717) is 0 Å². The number of benzene rings is 1. The largest absolute Gasteiger partial charge is 0.444 e. The van der Waals surface area contributed by atoms with Crippen LogP contribution in [0.4, 0.5) is 10.6 Å². The Morgan fingerprint density at radius 1 is 1.21 bits per heavy atom. The normalized spacial score (nSPS) is 16.1. The Balaban J connectivity index is 1.55. The molecule has 0 unspecified atom stereocenters. The molecular weight excluding hydrogens is 414 g/mol. The minimum Gasteiger partial charge on any atom is -0.444 e. The number of fused-ring (bicyclic) bond motifs is 1. The van der Waals surface area contributed by atoms with Gasteiger partial charge in [-0.2, -0.15) is 0 Å². The van der Waals surface area contributed by atoms with Crippen molar-refractivity contribution in [2.45, 2.75) is 71.9 Å². The molecule has 3 aromatic rings. The lowest BCUT2D eigenvalue weighted by Crippen LogP contribution is -2.54. The monoisotopic (exact) mass is 449 g/mol. The highest BCUT2D eigenvalue weighted by Crippen LogP contribution is 2.31. The molecule has 1 N–H and O–H groups in total.